The van der Waals surface area contributed by atoms with Crippen LogP contribution in [0.1, 0.15) is 55.1 Å². The van der Waals surface area contributed by atoms with Gasteiger partial charge in [0.2, 0.25) is 5.91 Å². The SMILES string of the molecule is CCc1ccccc1NC(=O)CN1CCN(C(=O)c2c(C)nc(C(C)(C)C)[nH]c2=O)CC1. The minimum Gasteiger partial charge on any atom is -0.336 e. The number of nitrogens with one attached hydrogen (secondary N) is 2. The van der Waals surface area contributed by atoms with Gasteiger partial charge in [0.15, 0.2) is 0 Å². The number of carbonyl (C=O) groups excluding carboxylic acids is 2. The summed E-state index contributed by atoms with van der Waals surface area (Å²) in [5.74, 6) is 0.189. The second-order valence-corrected chi connectivity index (χ2v) is 9.25. The highest BCUT2D eigenvalue weighted by molar-refractivity contribution is 5.95. The van der Waals surface area contributed by atoms with E-state index in [1.807, 2.05) is 49.9 Å². The van der Waals surface area contributed by atoms with Gasteiger partial charge < -0.3 is 15.2 Å². The lowest BCUT2D eigenvalue weighted by atomic mass is 9.95. The van der Waals surface area contributed by atoms with E-state index in [1.54, 1.807) is 11.8 Å². The lowest BCUT2D eigenvalue weighted by molar-refractivity contribution is -0.117. The van der Waals surface area contributed by atoms with Crippen LogP contribution in [0, 0.1) is 6.92 Å². The quantitative estimate of drug-likeness (QED) is 0.745. The molecule has 0 atom stereocenters. The molecule has 0 bridgehead atoms. The number of benzene rings is 1. The predicted octanol–water partition coefficient (Wildman–Crippen LogP) is 2.33. The molecule has 0 unspecified atom stereocenters. The maximum absolute atomic E-state index is 13.0. The molecule has 2 aromatic rings. The maximum atomic E-state index is 13.0. The molecule has 0 spiro atoms. The summed E-state index contributed by atoms with van der Waals surface area (Å²) in [6.07, 6.45) is 0.849. The van der Waals surface area contributed by atoms with Gasteiger partial charge in [0.05, 0.1) is 12.2 Å². The van der Waals surface area contributed by atoms with Crippen molar-refractivity contribution in [2.75, 3.05) is 38.0 Å². The fourth-order valence-corrected chi connectivity index (χ4v) is 3.80. The molecule has 2 amide bonds. The molecule has 1 aromatic carbocycles. The summed E-state index contributed by atoms with van der Waals surface area (Å²) < 4.78 is 0. The molecule has 1 aromatic heterocycles. The number of hydrogen-bond acceptors (Lipinski definition) is 5. The first-order valence-electron chi connectivity index (χ1n) is 11.1. The Labute approximate surface area is 189 Å². The van der Waals surface area contributed by atoms with Crippen molar-refractivity contribution >= 4 is 17.5 Å². The van der Waals surface area contributed by atoms with E-state index in [0.717, 1.165) is 17.7 Å². The van der Waals surface area contributed by atoms with Crippen LogP contribution in [0.3, 0.4) is 0 Å². The van der Waals surface area contributed by atoms with Gasteiger partial charge in [-0.05, 0) is 25.0 Å². The second kappa shape index (κ2) is 9.65. The van der Waals surface area contributed by atoms with Gasteiger partial charge in [-0.15, -0.1) is 0 Å². The van der Waals surface area contributed by atoms with Gasteiger partial charge in [-0.3, -0.25) is 19.3 Å². The fourth-order valence-electron chi connectivity index (χ4n) is 3.80. The molecule has 3 rings (SSSR count). The number of carbonyl (C=O) groups is 2. The lowest BCUT2D eigenvalue weighted by Crippen LogP contribution is -2.51. The van der Waals surface area contributed by atoms with Crippen LogP contribution in [-0.2, 0) is 16.6 Å². The first kappa shape index (κ1) is 23.7. The number of rotatable bonds is 5. The maximum Gasteiger partial charge on any atom is 0.264 e. The Balaban J connectivity index is 1.59. The Hall–Kier alpha value is -3.00. The van der Waals surface area contributed by atoms with Crippen molar-refractivity contribution < 1.29 is 9.59 Å². The molecule has 1 aliphatic heterocycles. The predicted molar refractivity (Wildman–Crippen MR) is 125 cm³/mol. The summed E-state index contributed by atoms with van der Waals surface area (Å²) in [5.41, 5.74) is 1.77. The smallest absolute Gasteiger partial charge is 0.264 e. The number of aromatic amines is 1. The van der Waals surface area contributed by atoms with Crippen molar-refractivity contribution in [1.29, 1.82) is 0 Å². The normalized spacial score (nSPS) is 15.0. The Morgan fingerprint density at radius 1 is 1.12 bits per heavy atom. The molecule has 1 saturated heterocycles. The summed E-state index contributed by atoms with van der Waals surface area (Å²) in [6.45, 7) is 12.0. The van der Waals surface area contributed by atoms with Gasteiger partial charge >= 0.3 is 0 Å². The van der Waals surface area contributed by atoms with Crippen LogP contribution >= 0.6 is 0 Å². The highest BCUT2D eigenvalue weighted by Crippen LogP contribution is 2.18. The highest BCUT2D eigenvalue weighted by atomic mass is 16.2. The molecule has 0 saturated carbocycles. The Morgan fingerprint density at radius 2 is 1.78 bits per heavy atom. The van der Waals surface area contributed by atoms with E-state index in [0.29, 0.717) is 37.7 Å². The Bertz CT molecular complexity index is 1050. The van der Waals surface area contributed by atoms with Gasteiger partial charge in [0.25, 0.3) is 11.5 Å². The van der Waals surface area contributed by atoms with Crippen molar-refractivity contribution in [3.8, 4) is 0 Å². The first-order chi connectivity index (χ1) is 15.1. The zero-order chi connectivity index (χ0) is 23.5. The molecule has 2 N–H and O–H groups in total. The zero-order valence-electron chi connectivity index (χ0n) is 19.6. The topological polar surface area (TPSA) is 98.4 Å². The lowest BCUT2D eigenvalue weighted by Gasteiger charge is -2.34. The third-order valence-corrected chi connectivity index (χ3v) is 5.72. The van der Waals surface area contributed by atoms with E-state index in [-0.39, 0.29) is 29.3 Å². The fraction of sp³-hybridized carbons (Fsp3) is 0.500. The first-order valence-corrected chi connectivity index (χ1v) is 11.1. The number of hydrogen-bond donors (Lipinski definition) is 2. The second-order valence-electron chi connectivity index (χ2n) is 9.25. The largest absolute Gasteiger partial charge is 0.336 e. The van der Waals surface area contributed by atoms with Gasteiger partial charge in [0, 0.05) is 37.3 Å². The van der Waals surface area contributed by atoms with Crippen molar-refractivity contribution in [3.05, 3.63) is 57.3 Å². The standard InChI is InChI=1S/C24H33N5O3/c1-6-17-9-7-8-10-18(17)26-19(30)15-28-11-13-29(14-12-28)22(32)20-16(2)25-23(24(3,4)5)27-21(20)31/h7-10H,6,11-15H2,1-5H3,(H,26,30)(H,25,27,31). The third-order valence-electron chi connectivity index (χ3n) is 5.72. The van der Waals surface area contributed by atoms with Crippen molar-refractivity contribution in [1.82, 2.24) is 19.8 Å². The summed E-state index contributed by atoms with van der Waals surface area (Å²) in [7, 11) is 0. The van der Waals surface area contributed by atoms with Crippen LogP contribution < -0.4 is 10.9 Å². The number of amides is 2. The van der Waals surface area contributed by atoms with Crippen LogP contribution in [0.15, 0.2) is 29.1 Å². The molecule has 2 heterocycles. The van der Waals surface area contributed by atoms with E-state index in [4.69, 9.17) is 0 Å². The van der Waals surface area contributed by atoms with Gasteiger partial charge in [0.1, 0.15) is 11.4 Å². The summed E-state index contributed by atoms with van der Waals surface area (Å²) in [5, 5.41) is 2.99. The van der Waals surface area contributed by atoms with Crippen LogP contribution in [0.5, 0.6) is 0 Å². The molecule has 1 aliphatic rings. The van der Waals surface area contributed by atoms with E-state index >= 15 is 0 Å². The Morgan fingerprint density at radius 3 is 2.38 bits per heavy atom. The highest BCUT2D eigenvalue weighted by Gasteiger charge is 2.28. The minimum absolute atomic E-state index is 0.0695. The van der Waals surface area contributed by atoms with Gasteiger partial charge in [-0.25, -0.2) is 4.98 Å². The molecule has 1 fully saturated rings. The average Bonchev–Trinajstić information content (AvgIpc) is 2.73. The van der Waals surface area contributed by atoms with Gasteiger partial charge in [-0.1, -0.05) is 45.9 Å². The van der Waals surface area contributed by atoms with E-state index in [9.17, 15) is 14.4 Å². The van der Waals surface area contributed by atoms with Crippen LogP contribution in [0.2, 0.25) is 0 Å². The summed E-state index contributed by atoms with van der Waals surface area (Å²) >= 11 is 0. The van der Waals surface area contributed by atoms with Crippen LogP contribution in [0.4, 0.5) is 5.69 Å². The summed E-state index contributed by atoms with van der Waals surface area (Å²) in [4.78, 5) is 49.0. The van der Waals surface area contributed by atoms with E-state index in [1.165, 1.54) is 0 Å². The van der Waals surface area contributed by atoms with Gasteiger partial charge in [-0.2, -0.15) is 0 Å². The molecule has 32 heavy (non-hydrogen) atoms. The van der Waals surface area contributed by atoms with Crippen LogP contribution in [-0.4, -0.2) is 64.3 Å². The number of aryl methyl sites for hydroxylation is 2. The number of H-pyrrole nitrogens is 1. The summed E-state index contributed by atoms with van der Waals surface area (Å²) in [6, 6.07) is 7.79. The molecular formula is C24H33N5O3. The molecule has 8 nitrogen and oxygen atoms in total. The molecule has 8 heteroatoms. The minimum atomic E-state index is -0.399. The third kappa shape index (κ3) is 5.43. The number of anilines is 1. The number of aromatic nitrogens is 2. The molecular weight excluding hydrogens is 406 g/mol. The van der Waals surface area contributed by atoms with Crippen molar-refractivity contribution in [2.45, 2.75) is 46.5 Å². The number of piperazine rings is 1. The van der Waals surface area contributed by atoms with E-state index in [2.05, 4.69) is 22.2 Å². The molecule has 0 aliphatic carbocycles. The monoisotopic (exact) mass is 439 g/mol. The zero-order valence-corrected chi connectivity index (χ0v) is 19.6. The number of nitrogens with zero attached hydrogens (tertiary/aromatic N) is 3. The number of para-hydroxylation sites is 1. The average molecular weight is 440 g/mol. The van der Waals surface area contributed by atoms with Crippen molar-refractivity contribution in [3.63, 3.8) is 0 Å². The molecule has 172 valence electrons. The Kier molecular flexibility index (Phi) is 7.13. The van der Waals surface area contributed by atoms with Crippen LogP contribution in [0.25, 0.3) is 0 Å². The van der Waals surface area contributed by atoms with E-state index < -0.39 is 5.56 Å². The van der Waals surface area contributed by atoms with Crippen molar-refractivity contribution in [2.24, 2.45) is 0 Å². The molecule has 0 radical (unpaired) electrons.